The third-order valence-electron chi connectivity index (χ3n) is 2.22. The molecule has 0 aromatic heterocycles. The van der Waals surface area contributed by atoms with Crippen LogP contribution in [0.4, 0.5) is 0 Å². The lowest BCUT2D eigenvalue weighted by Gasteiger charge is -2.14. The molecule has 1 aromatic rings. The van der Waals surface area contributed by atoms with Crippen LogP contribution in [0.1, 0.15) is 6.42 Å². The van der Waals surface area contributed by atoms with E-state index in [0.29, 0.717) is 13.2 Å². The Labute approximate surface area is 90.6 Å². The number of aliphatic hydroxyl groups excluding tert-OH is 1. The van der Waals surface area contributed by atoms with Gasteiger partial charge in [0.1, 0.15) is 5.75 Å². The summed E-state index contributed by atoms with van der Waals surface area (Å²) in [5.74, 6) is 0.985. The number of hydrogen-bond donors (Lipinski definition) is 1. The summed E-state index contributed by atoms with van der Waals surface area (Å²) in [6, 6.07) is 9.62. The van der Waals surface area contributed by atoms with Crippen molar-refractivity contribution in [3.05, 3.63) is 30.3 Å². The van der Waals surface area contributed by atoms with E-state index in [0.717, 1.165) is 12.2 Å². The minimum atomic E-state index is 0.135. The van der Waals surface area contributed by atoms with E-state index >= 15 is 0 Å². The van der Waals surface area contributed by atoms with E-state index in [-0.39, 0.29) is 12.5 Å². The fraction of sp³-hybridized carbons (Fsp3) is 0.500. The van der Waals surface area contributed by atoms with Crippen LogP contribution < -0.4 is 4.74 Å². The average molecular weight is 210 g/mol. The monoisotopic (exact) mass is 210 g/mol. The predicted octanol–water partition coefficient (Wildman–Crippen LogP) is 1.71. The van der Waals surface area contributed by atoms with Gasteiger partial charge in [0, 0.05) is 26.2 Å². The van der Waals surface area contributed by atoms with Gasteiger partial charge >= 0.3 is 0 Å². The van der Waals surface area contributed by atoms with E-state index in [1.54, 1.807) is 7.11 Å². The zero-order chi connectivity index (χ0) is 10.9. The molecule has 1 rings (SSSR count). The van der Waals surface area contributed by atoms with E-state index in [9.17, 15) is 0 Å². The Kier molecular flexibility index (Phi) is 5.81. The molecule has 1 N–H and O–H groups in total. The fourth-order valence-electron chi connectivity index (χ4n) is 1.24. The third kappa shape index (κ3) is 4.81. The molecule has 1 atom stereocenters. The molecule has 0 saturated heterocycles. The Morgan fingerprint density at radius 1 is 1.27 bits per heavy atom. The Hall–Kier alpha value is -1.06. The van der Waals surface area contributed by atoms with Crippen molar-refractivity contribution in [1.82, 2.24) is 0 Å². The van der Waals surface area contributed by atoms with Crippen LogP contribution in [0.15, 0.2) is 30.3 Å². The molecule has 0 spiro atoms. The topological polar surface area (TPSA) is 38.7 Å². The summed E-state index contributed by atoms with van der Waals surface area (Å²) in [5, 5.41) is 9.10. The Bertz CT molecular complexity index is 248. The van der Waals surface area contributed by atoms with E-state index in [4.69, 9.17) is 14.6 Å². The molecule has 0 heterocycles. The molecule has 3 heteroatoms. The molecule has 0 aliphatic carbocycles. The quantitative estimate of drug-likeness (QED) is 0.744. The summed E-state index contributed by atoms with van der Waals surface area (Å²) in [6.07, 6.45) is 0.819. The second-order valence-corrected chi connectivity index (χ2v) is 3.45. The van der Waals surface area contributed by atoms with Crippen LogP contribution >= 0.6 is 0 Å². The van der Waals surface area contributed by atoms with Crippen molar-refractivity contribution in [2.45, 2.75) is 6.42 Å². The molecule has 1 aromatic carbocycles. The van der Waals surface area contributed by atoms with Gasteiger partial charge in [0.25, 0.3) is 0 Å². The second-order valence-electron chi connectivity index (χ2n) is 3.45. The SMILES string of the molecule is COCCC(CO)COc1ccccc1. The molecular weight excluding hydrogens is 192 g/mol. The first kappa shape index (κ1) is 12.0. The van der Waals surface area contributed by atoms with Crippen molar-refractivity contribution in [1.29, 1.82) is 0 Å². The Balaban J connectivity index is 2.28. The molecule has 84 valence electrons. The van der Waals surface area contributed by atoms with Crippen LogP contribution in [0.3, 0.4) is 0 Å². The number of para-hydroxylation sites is 1. The first-order chi connectivity index (χ1) is 7.36. The van der Waals surface area contributed by atoms with Gasteiger partial charge in [-0.1, -0.05) is 18.2 Å². The summed E-state index contributed by atoms with van der Waals surface area (Å²) in [7, 11) is 1.66. The van der Waals surface area contributed by atoms with E-state index in [2.05, 4.69) is 0 Å². The van der Waals surface area contributed by atoms with Gasteiger partial charge in [-0.3, -0.25) is 0 Å². The van der Waals surface area contributed by atoms with E-state index in [1.165, 1.54) is 0 Å². The normalized spacial score (nSPS) is 12.4. The maximum atomic E-state index is 9.10. The number of methoxy groups -OCH3 is 1. The van der Waals surface area contributed by atoms with Crippen LogP contribution in [0.2, 0.25) is 0 Å². The molecular formula is C12H18O3. The smallest absolute Gasteiger partial charge is 0.119 e. The summed E-state index contributed by atoms with van der Waals surface area (Å²) in [5.41, 5.74) is 0. The van der Waals surface area contributed by atoms with Gasteiger partial charge in [0.05, 0.1) is 6.61 Å². The summed E-state index contributed by atoms with van der Waals surface area (Å²) in [6.45, 7) is 1.32. The van der Waals surface area contributed by atoms with Crippen molar-refractivity contribution >= 4 is 0 Å². The van der Waals surface area contributed by atoms with Gasteiger partial charge in [0.15, 0.2) is 0 Å². The third-order valence-corrected chi connectivity index (χ3v) is 2.22. The first-order valence-corrected chi connectivity index (χ1v) is 5.14. The molecule has 0 bridgehead atoms. The van der Waals surface area contributed by atoms with Crippen LogP contribution in [0.25, 0.3) is 0 Å². The van der Waals surface area contributed by atoms with Crippen LogP contribution in [0.5, 0.6) is 5.75 Å². The number of aliphatic hydroxyl groups is 1. The maximum absolute atomic E-state index is 9.10. The molecule has 0 radical (unpaired) electrons. The molecule has 3 nitrogen and oxygen atoms in total. The van der Waals surface area contributed by atoms with Crippen LogP contribution in [0, 0.1) is 5.92 Å². The zero-order valence-corrected chi connectivity index (χ0v) is 9.06. The molecule has 0 amide bonds. The highest BCUT2D eigenvalue weighted by molar-refractivity contribution is 5.20. The second kappa shape index (κ2) is 7.26. The van der Waals surface area contributed by atoms with Gasteiger partial charge in [-0.25, -0.2) is 0 Å². The fourth-order valence-corrected chi connectivity index (χ4v) is 1.24. The number of rotatable bonds is 7. The van der Waals surface area contributed by atoms with Gasteiger partial charge in [0.2, 0.25) is 0 Å². The Morgan fingerprint density at radius 2 is 2.00 bits per heavy atom. The summed E-state index contributed by atoms with van der Waals surface area (Å²) in [4.78, 5) is 0. The lowest BCUT2D eigenvalue weighted by Crippen LogP contribution is -2.17. The highest BCUT2D eigenvalue weighted by Gasteiger charge is 2.07. The van der Waals surface area contributed by atoms with E-state index < -0.39 is 0 Å². The van der Waals surface area contributed by atoms with Crippen LogP contribution in [-0.4, -0.2) is 32.0 Å². The first-order valence-electron chi connectivity index (χ1n) is 5.14. The van der Waals surface area contributed by atoms with Gasteiger partial charge in [-0.2, -0.15) is 0 Å². The largest absolute Gasteiger partial charge is 0.493 e. The molecule has 0 aliphatic rings. The highest BCUT2D eigenvalue weighted by Crippen LogP contribution is 2.11. The van der Waals surface area contributed by atoms with Crippen molar-refractivity contribution in [2.24, 2.45) is 5.92 Å². The van der Waals surface area contributed by atoms with E-state index in [1.807, 2.05) is 30.3 Å². The van der Waals surface area contributed by atoms with Crippen molar-refractivity contribution in [3.8, 4) is 5.75 Å². The predicted molar refractivity (Wildman–Crippen MR) is 59.0 cm³/mol. The minimum absolute atomic E-state index is 0.135. The maximum Gasteiger partial charge on any atom is 0.119 e. The molecule has 0 saturated carbocycles. The number of hydrogen-bond acceptors (Lipinski definition) is 3. The van der Waals surface area contributed by atoms with Gasteiger partial charge < -0.3 is 14.6 Å². The molecule has 15 heavy (non-hydrogen) atoms. The summed E-state index contributed by atoms with van der Waals surface area (Å²) >= 11 is 0. The zero-order valence-electron chi connectivity index (χ0n) is 9.06. The lowest BCUT2D eigenvalue weighted by atomic mass is 10.1. The van der Waals surface area contributed by atoms with Gasteiger partial charge in [-0.15, -0.1) is 0 Å². The Morgan fingerprint density at radius 3 is 2.60 bits per heavy atom. The summed E-state index contributed by atoms with van der Waals surface area (Å²) < 4.78 is 10.5. The minimum Gasteiger partial charge on any atom is -0.493 e. The average Bonchev–Trinajstić information content (AvgIpc) is 2.31. The highest BCUT2D eigenvalue weighted by atomic mass is 16.5. The molecule has 0 fully saturated rings. The lowest BCUT2D eigenvalue weighted by molar-refractivity contribution is 0.116. The van der Waals surface area contributed by atoms with Crippen molar-refractivity contribution in [2.75, 3.05) is 26.9 Å². The molecule has 1 unspecified atom stereocenters. The van der Waals surface area contributed by atoms with Gasteiger partial charge in [-0.05, 0) is 18.6 Å². The number of ether oxygens (including phenoxy) is 2. The van der Waals surface area contributed by atoms with Crippen molar-refractivity contribution < 1.29 is 14.6 Å². The molecule has 0 aliphatic heterocycles. The van der Waals surface area contributed by atoms with Crippen molar-refractivity contribution in [3.63, 3.8) is 0 Å². The van der Waals surface area contributed by atoms with Crippen LogP contribution in [-0.2, 0) is 4.74 Å². The number of benzene rings is 1. The standard InChI is InChI=1S/C12H18O3/c1-14-8-7-11(9-13)10-15-12-5-3-2-4-6-12/h2-6,11,13H,7-10H2,1H3.